The van der Waals surface area contributed by atoms with Gasteiger partial charge in [-0.05, 0) is 13.8 Å². The maximum absolute atomic E-state index is 10.6. The van der Waals surface area contributed by atoms with E-state index in [0.29, 0.717) is 37.4 Å². The predicted molar refractivity (Wildman–Crippen MR) is 77.5 cm³/mol. The van der Waals surface area contributed by atoms with Gasteiger partial charge < -0.3 is 30.0 Å². The molecule has 23 heavy (non-hydrogen) atoms. The van der Waals surface area contributed by atoms with Crippen LogP contribution in [-0.4, -0.2) is 55.8 Å². The smallest absolute Gasteiger partial charge is 0.333 e. The summed E-state index contributed by atoms with van der Waals surface area (Å²) in [6, 6.07) is 0. The Morgan fingerprint density at radius 1 is 0.913 bits per heavy atom. The molecular weight excluding hydrogens is 332 g/mol. The molecule has 6 N–H and O–H groups in total. The number of rotatable bonds is 6. The third-order valence-electron chi connectivity index (χ3n) is 1.45. The van der Waals surface area contributed by atoms with E-state index in [2.05, 4.69) is 34.1 Å². The lowest BCUT2D eigenvalue weighted by molar-refractivity contribution is -0.372. The molecule has 11 heteroatoms. The highest BCUT2D eigenvalue weighted by Gasteiger charge is 2.01. The van der Waals surface area contributed by atoms with Crippen LogP contribution in [-0.2, 0) is 29.5 Å². The summed E-state index contributed by atoms with van der Waals surface area (Å²) in [4.78, 5) is 21.1. The molecule has 0 saturated heterocycles. The summed E-state index contributed by atoms with van der Waals surface area (Å²) in [5, 5.41) is 0. The molecule has 0 unspecified atom stereocenters. The van der Waals surface area contributed by atoms with Crippen LogP contribution in [0.25, 0.3) is 0 Å². The van der Waals surface area contributed by atoms with Crippen LogP contribution in [0.5, 0.6) is 0 Å². The second-order valence-electron chi connectivity index (χ2n) is 3.95. The lowest BCUT2D eigenvalue weighted by atomic mass is 10.4. The van der Waals surface area contributed by atoms with Crippen molar-refractivity contribution in [3.63, 3.8) is 0 Å². The number of quaternary nitrogens is 2. The number of ether oxygens (including phenoxy) is 2. The zero-order valence-corrected chi connectivity index (χ0v) is 14.1. The van der Waals surface area contributed by atoms with Gasteiger partial charge >= 0.3 is 11.9 Å². The Balaban J connectivity index is -0.000000273. The summed E-state index contributed by atoms with van der Waals surface area (Å²) in [5.74, 6) is -0.669. The second kappa shape index (κ2) is 15.1. The van der Waals surface area contributed by atoms with Gasteiger partial charge in [0.1, 0.15) is 26.3 Å². The monoisotopic (exact) mass is 356 g/mol. The first-order valence-corrected chi connectivity index (χ1v) is 7.60. The van der Waals surface area contributed by atoms with Crippen LogP contribution >= 0.6 is 0 Å². The SMILES string of the molecule is C=C(C)C(=O)OCC[NH3+].C=C(C)C(=O)OCC[NH3+].O=S(=O)([O-])[O-]. The van der Waals surface area contributed by atoms with Crippen molar-refractivity contribution in [3.8, 4) is 0 Å². The largest absolute Gasteiger partial charge is 0.759 e. The first kappa shape index (κ1) is 26.1. The van der Waals surface area contributed by atoms with Crippen LogP contribution in [0.4, 0.5) is 0 Å². The highest BCUT2D eigenvalue weighted by atomic mass is 32.3. The molecule has 0 radical (unpaired) electrons. The van der Waals surface area contributed by atoms with Gasteiger partial charge in [-0.2, -0.15) is 0 Å². The fourth-order valence-electron chi connectivity index (χ4n) is 0.576. The molecular formula is C12H24N2O8S. The van der Waals surface area contributed by atoms with Crippen molar-refractivity contribution in [2.45, 2.75) is 13.8 Å². The highest BCUT2D eigenvalue weighted by Crippen LogP contribution is 1.90. The molecule has 0 spiro atoms. The first-order valence-electron chi connectivity index (χ1n) is 6.27. The van der Waals surface area contributed by atoms with Crippen molar-refractivity contribution in [1.82, 2.24) is 0 Å². The van der Waals surface area contributed by atoms with Gasteiger partial charge in [0.25, 0.3) is 0 Å². The maximum atomic E-state index is 10.6. The van der Waals surface area contributed by atoms with E-state index in [4.69, 9.17) is 17.5 Å². The molecule has 0 aromatic carbocycles. The minimum atomic E-state index is -5.17. The summed E-state index contributed by atoms with van der Waals surface area (Å²) < 4.78 is 43.4. The Kier molecular flexibility index (Phi) is 17.2. The molecule has 0 amide bonds. The third kappa shape index (κ3) is 33.2. The molecule has 0 aliphatic heterocycles. The molecule has 0 aliphatic carbocycles. The Morgan fingerprint density at radius 2 is 1.13 bits per heavy atom. The van der Waals surface area contributed by atoms with Gasteiger partial charge in [0, 0.05) is 21.5 Å². The van der Waals surface area contributed by atoms with Gasteiger partial charge in [-0.25, -0.2) is 9.59 Å². The molecule has 0 rings (SSSR count). The average Bonchev–Trinajstić information content (AvgIpc) is 2.40. The topological polar surface area (TPSA) is 188 Å². The molecule has 136 valence electrons. The standard InChI is InChI=1S/2C6H11NO2.H2O4S/c2*1-5(2)6(8)9-4-3-7;1-5(2,3)4/h2*1,3-4,7H2,2H3;(H2,1,2,3,4). The Labute approximate surface area is 135 Å². The molecule has 0 aromatic heterocycles. The van der Waals surface area contributed by atoms with Crippen molar-refractivity contribution >= 4 is 22.3 Å². The van der Waals surface area contributed by atoms with Crippen molar-refractivity contribution in [1.29, 1.82) is 0 Å². The predicted octanol–water partition coefficient (Wildman–Crippen LogP) is -2.64. The molecule has 0 aromatic rings. The van der Waals surface area contributed by atoms with Gasteiger partial charge in [-0.1, -0.05) is 13.2 Å². The van der Waals surface area contributed by atoms with Crippen molar-refractivity contribution in [3.05, 3.63) is 24.3 Å². The Bertz CT molecular complexity index is 449. The Morgan fingerprint density at radius 3 is 1.26 bits per heavy atom. The Hall–Kier alpha value is -1.79. The van der Waals surface area contributed by atoms with Gasteiger partial charge in [0.2, 0.25) is 0 Å². The van der Waals surface area contributed by atoms with E-state index in [1.165, 1.54) is 0 Å². The first-order chi connectivity index (χ1) is 10.4. The molecule has 0 bridgehead atoms. The summed E-state index contributed by atoms with van der Waals surface area (Å²) in [7, 11) is -5.17. The van der Waals surface area contributed by atoms with Crippen LogP contribution in [0.1, 0.15) is 13.8 Å². The number of hydrogen-bond acceptors (Lipinski definition) is 8. The second-order valence-corrected chi connectivity index (χ2v) is 4.76. The highest BCUT2D eigenvalue weighted by molar-refractivity contribution is 7.79. The van der Waals surface area contributed by atoms with Crippen molar-refractivity contribution < 1.29 is 48.1 Å². The summed E-state index contributed by atoms with van der Waals surface area (Å²) in [6.07, 6.45) is 0. The number of carbonyl (C=O) groups is 2. The van der Waals surface area contributed by atoms with E-state index >= 15 is 0 Å². The number of hydrogen-bond donors (Lipinski definition) is 2. The summed E-state index contributed by atoms with van der Waals surface area (Å²) in [5.41, 5.74) is 7.89. The van der Waals surface area contributed by atoms with Crippen molar-refractivity contribution in [2.24, 2.45) is 0 Å². The zero-order valence-electron chi connectivity index (χ0n) is 13.3. The summed E-state index contributed by atoms with van der Waals surface area (Å²) >= 11 is 0. The fraction of sp³-hybridized carbons (Fsp3) is 0.500. The van der Waals surface area contributed by atoms with Gasteiger partial charge in [0.15, 0.2) is 0 Å². The number of carbonyl (C=O) groups excluding carboxylic acids is 2. The molecule has 0 aliphatic rings. The molecule has 0 heterocycles. The maximum Gasteiger partial charge on any atom is 0.333 e. The molecule has 0 fully saturated rings. The van der Waals surface area contributed by atoms with E-state index in [-0.39, 0.29) is 11.9 Å². The van der Waals surface area contributed by atoms with Gasteiger partial charge in [-0.15, -0.1) is 0 Å². The third-order valence-corrected chi connectivity index (χ3v) is 1.45. The van der Waals surface area contributed by atoms with Crippen LogP contribution in [0.2, 0.25) is 0 Å². The van der Waals surface area contributed by atoms with Crippen molar-refractivity contribution in [2.75, 3.05) is 26.3 Å². The quantitative estimate of drug-likeness (QED) is 0.223. The van der Waals surface area contributed by atoms with Crippen LogP contribution < -0.4 is 11.5 Å². The minimum Gasteiger partial charge on any atom is -0.759 e. The lowest BCUT2D eigenvalue weighted by Crippen LogP contribution is -2.52. The van der Waals surface area contributed by atoms with Gasteiger partial charge in [-0.3, -0.25) is 8.42 Å². The van der Waals surface area contributed by atoms with Gasteiger partial charge in [0.05, 0.1) is 0 Å². The molecule has 0 saturated carbocycles. The number of esters is 2. The minimum absolute atomic E-state index is 0.335. The lowest BCUT2D eigenvalue weighted by Gasteiger charge is -2.06. The average molecular weight is 356 g/mol. The normalized spacial score (nSPS) is 9.30. The van der Waals surface area contributed by atoms with Crippen LogP contribution in [0.15, 0.2) is 24.3 Å². The van der Waals surface area contributed by atoms with E-state index in [1.807, 2.05) is 0 Å². The fourth-order valence-corrected chi connectivity index (χ4v) is 0.576. The van der Waals surface area contributed by atoms with Crippen LogP contribution in [0, 0.1) is 0 Å². The van der Waals surface area contributed by atoms with Crippen LogP contribution in [0.3, 0.4) is 0 Å². The van der Waals surface area contributed by atoms with E-state index in [0.717, 1.165) is 0 Å². The molecule has 10 nitrogen and oxygen atoms in total. The zero-order chi connectivity index (χ0) is 19.1. The molecule has 0 atom stereocenters. The van der Waals surface area contributed by atoms with E-state index in [9.17, 15) is 9.59 Å². The van der Waals surface area contributed by atoms with E-state index < -0.39 is 10.4 Å². The van der Waals surface area contributed by atoms with E-state index in [1.54, 1.807) is 13.8 Å². The summed E-state index contributed by atoms with van der Waals surface area (Å²) in [6.45, 7) is 12.0.